The first kappa shape index (κ1) is 28.5. The number of carbonyl (C=O) groups excluding carboxylic acids is 1. The first-order valence-corrected chi connectivity index (χ1v) is 13.8. The summed E-state index contributed by atoms with van der Waals surface area (Å²) in [5.41, 5.74) is 6.70. The van der Waals surface area contributed by atoms with Crippen molar-refractivity contribution in [2.24, 2.45) is 5.73 Å². The van der Waals surface area contributed by atoms with Crippen molar-refractivity contribution in [1.82, 2.24) is 15.1 Å². The SMILES string of the molecule is CSCCC1NC2(CCN(C(=O)O)CC2)N(Cc2ccc(F)cc2)C1=O.NCc1ccc(Cl)c(Cl)c1. The number of carboxylic acid groups (broad SMARTS) is 1. The first-order chi connectivity index (χ1) is 17.2. The van der Waals surface area contributed by atoms with E-state index >= 15 is 0 Å². The van der Waals surface area contributed by atoms with Crippen LogP contribution in [0.15, 0.2) is 42.5 Å². The van der Waals surface area contributed by atoms with Crippen LogP contribution in [0.25, 0.3) is 0 Å². The van der Waals surface area contributed by atoms with Crippen molar-refractivity contribution in [3.05, 3.63) is 69.5 Å². The number of nitrogens with two attached hydrogens (primary N) is 1. The van der Waals surface area contributed by atoms with E-state index in [-0.39, 0.29) is 17.8 Å². The summed E-state index contributed by atoms with van der Waals surface area (Å²) in [6.45, 7) is 1.68. The van der Waals surface area contributed by atoms with Crippen LogP contribution in [0.1, 0.15) is 30.4 Å². The largest absolute Gasteiger partial charge is 0.465 e. The summed E-state index contributed by atoms with van der Waals surface area (Å²) in [5, 5.41) is 13.8. The smallest absolute Gasteiger partial charge is 0.407 e. The minimum Gasteiger partial charge on any atom is -0.465 e. The number of piperidine rings is 1. The molecule has 11 heteroatoms. The van der Waals surface area contributed by atoms with Gasteiger partial charge in [0.1, 0.15) is 5.82 Å². The molecule has 2 aromatic carbocycles. The van der Waals surface area contributed by atoms with Crippen molar-refractivity contribution in [2.75, 3.05) is 25.1 Å². The van der Waals surface area contributed by atoms with Crippen molar-refractivity contribution in [3.8, 4) is 0 Å². The molecule has 2 heterocycles. The van der Waals surface area contributed by atoms with Gasteiger partial charge in [-0.3, -0.25) is 10.1 Å². The van der Waals surface area contributed by atoms with Gasteiger partial charge in [-0.25, -0.2) is 9.18 Å². The minimum atomic E-state index is -0.923. The molecule has 2 aliphatic rings. The Morgan fingerprint density at radius 2 is 1.81 bits per heavy atom. The molecule has 1 unspecified atom stereocenters. The second-order valence-electron chi connectivity index (χ2n) is 8.78. The van der Waals surface area contributed by atoms with Gasteiger partial charge in [-0.15, -0.1) is 0 Å². The summed E-state index contributed by atoms with van der Waals surface area (Å²) in [4.78, 5) is 27.5. The molecule has 0 saturated carbocycles. The quantitative estimate of drug-likeness (QED) is 0.472. The number of carbonyl (C=O) groups is 2. The average Bonchev–Trinajstić information content (AvgIpc) is 3.11. The van der Waals surface area contributed by atoms with E-state index in [0.717, 1.165) is 23.3 Å². The van der Waals surface area contributed by atoms with E-state index in [1.165, 1.54) is 17.0 Å². The van der Waals surface area contributed by atoms with Crippen LogP contribution in [0.3, 0.4) is 0 Å². The van der Waals surface area contributed by atoms with Crippen molar-refractivity contribution < 1.29 is 19.1 Å². The Bertz CT molecular complexity index is 1050. The van der Waals surface area contributed by atoms with Gasteiger partial charge in [0.05, 0.1) is 21.7 Å². The number of benzene rings is 2. The van der Waals surface area contributed by atoms with E-state index in [9.17, 15) is 19.1 Å². The summed E-state index contributed by atoms with van der Waals surface area (Å²) in [7, 11) is 0. The normalized spacial score (nSPS) is 18.8. The maximum Gasteiger partial charge on any atom is 0.407 e. The molecule has 36 heavy (non-hydrogen) atoms. The van der Waals surface area contributed by atoms with Crippen LogP contribution in [-0.2, 0) is 17.9 Å². The molecule has 1 atom stereocenters. The van der Waals surface area contributed by atoms with Gasteiger partial charge in [0.2, 0.25) is 5.91 Å². The second kappa shape index (κ2) is 13.0. The summed E-state index contributed by atoms with van der Waals surface area (Å²) in [6.07, 6.45) is 2.94. The Balaban J connectivity index is 0.000000303. The van der Waals surface area contributed by atoms with Crippen LogP contribution in [0, 0.1) is 5.82 Å². The number of thioether (sulfide) groups is 1. The van der Waals surface area contributed by atoms with E-state index in [1.807, 2.05) is 17.2 Å². The van der Waals surface area contributed by atoms with Gasteiger partial charge in [0.25, 0.3) is 0 Å². The highest BCUT2D eigenvalue weighted by Crippen LogP contribution is 2.35. The van der Waals surface area contributed by atoms with E-state index in [1.54, 1.807) is 36.0 Å². The number of hydrogen-bond acceptors (Lipinski definition) is 5. The van der Waals surface area contributed by atoms with Crippen molar-refractivity contribution >= 4 is 47.0 Å². The van der Waals surface area contributed by atoms with Crippen LogP contribution >= 0.6 is 35.0 Å². The number of nitrogens with one attached hydrogen (secondary N) is 1. The molecular weight excluding hydrogens is 526 g/mol. The Kier molecular flexibility index (Phi) is 10.3. The fourth-order valence-corrected chi connectivity index (χ4v) is 5.24. The number of likely N-dealkylation sites (tertiary alicyclic amines) is 1. The molecule has 196 valence electrons. The molecule has 1 spiro atoms. The van der Waals surface area contributed by atoms with Gasteiger partial charge in [0, 0.05) is 39.0 Å². The summed E-state index contributed by atoms with van der Waals surface area (Å²) >= 11 is 13.1. The zero-order chi connectivity index (χ0) is 26.3. The fourth-order valence-electron chi connectivity index (χ4n) is 4.44. The fraction of sp³-hybridized carbons (Fsp3) is 0.440. The minimum absolute atomic E-state index is 0.0483. The van der Waals surface area contributed by atoms with E-state index in [0.29, 0.717) is 49.1 Å². The Hall–Kier alpha value is -2.04. The molecule has 0 aliphatic carbocycles. The van der Waals surface area contributed by atoms with Crippen molar-refractivity contribution in [2.45, 2.75) is 44.1 Å². The average molecular weight is 558 g/mol. The summed E-state index contributed by atoms with van der Waals surface area (Å²) < 4.78 is 13.2. The molecule has 0 bridgehead atoms. The van der Waals surface area contributed by atoms with Gasteiger partial charge in [-0.1, -0.05) is 41.4 Å². The van der Waals surface area contributed by atoms with Crippen molar-refractivity contribution in [1.29, 1.82) is 0 Å². The number of halogens is 3. The van der Waals surface area contributed by atoms with Crippen LogP contribution < -0.4 is 11.1 Å². The molecule has 0 radical (unpaired) electrons. The third kappa shape index (κ3) is 7.04. The van der Waals surface area contributed by atoms with E-state index in [2.05, 4.69) is 5.32 Å². The predicted molar refractivity (Wildman–Crippen MR) is 143 cm³/mol. The van der Waals surface area contributed by atoms with E-state index in [4.69, 9.17) is 28.9 Å². The Morgan fingerprint density at radius 1 is 1.17 bits per heavy atom. The highest BCUT2D eigenvalue weighted by molar-refractivity contribution is 7.98. The highest BCUT2D eigenvalue weighted by atomic mass is 35.5. The molecule has 2 aromatic rings. The molecule has 0 aromatic heterocycles. The first-order valence-electron chi connectivity index (χ1n) is 11.6. The topological polar surface area (TPSA) is 98.9 Å². The standard InChI is InChI=1S/C18H24FN3O3S.C7H7Cl2N/c1-26-11-6-15-16(23)22(12-13-2-4-14(19)5-3-13)18(20-15)7-9-21(10-8-18)17(24)25;8-6-2-1-5(4-10)3-7(6)9/h2-5,15,20H,6-12H2,1H3,(H,24,25);1-3H,4,10H2. The third-order valence-corrected chi connectivity index (χ3v) is 7.85. The number of nitrogens with zero attached hydrogens (tertiary/aromatic N) is 2. The number of amides is 2. The Morgan fingerprint density at radius 3 is 2.36 bits per heavy atom. The molecule has 2 aliphatic heterocycles. The molecule has 4 rings (SSSR count). The number of rotatable bonds is 6. The molecule has 2 saturated heterocycles. The second-order valence-corrected chi connectivity index (χ2v) is 10.6. The van der Waals surface area contributed by atoms with Gasteiger partial charge in [0.15, 0.2) is 0 Å². The molecule has 2 fully saturated rings. The predicted octanol–water partition coefficient (Wildman–Crippen LogP) is 4.80. The molecular formula is C25H31Cl2FN4O3S. The van der Waals surface area contributed by atoms with Crippen LogP contribution in [-0.4, -0.2) is 63.7 Å². The lowest BCUT2D eigenvalue weighted by Gasteiger charge is -2.44. The van der Waals surface area contributed by atoms with Gasteiger partial charge in [-0.05, 0) is 53.8 Å². The lowest BCUT2D eigenvalue weighted by molar-refractivity contribution is -0.134. The van der Waals surface area contributed by atoms with Gasteiger partial charge in [-0.2, -0.15) is 11.8 Å². The maximum absolute atomic E-state index is 13.2. The number of hydrogen-bond donors (Lipinski definition) is 3. The lowest BCUT2D eigenvalue weighted by Crippen LogP contribution is -2.59. The zero-order valence-corrected chi connectivity index (χ0v) is 22.4. The Labute approximate surface area is 225 Å². The summed E-state index contributed by atoms with van der Waals surface area (Å²) in [6, 6.07) is 11.3. The maximum atomic E-state index is 13.2. The van der Waals surface area contributed by atoms with Crippen LogP contribution in [0.5, 0.6) is 0 Å². The lowest BCUT2D eigenvalue weighted by atomic mass is 9.95. The molecule has 4 N–H and O–H groups in total. The highest BCUT2D eigenvalue weighted by Gasteiger charge is 2.51. The van der Waals surface area contributed by atoms with E-state index < -0.39 is 11.8 Å². The third-order valence-electron chi connectivity index (χ3n) is 6.47. The molecule has 2 amide bonds. The zero-order valence-electron chi connectivity index (χ0n) is 20.1. The van der Waals surface area contributed by atoms with Crippen molar-refractivity contribution in [3.63, 3.8) is 0 Å². The summed E-state index contributed by atoms with van der Waals surface area (Å²) in [5.74, 6) is 0.625. The monoisotopic (exact) mass is 556 g/mol. The molecule has 7 nitrogen and oxygen atoms in total. The van der Waals surface area contributed by atoms with Gasteiger partial charge >= 0.3 is 6.09 Å². The van der Waals surface area contributed by atoms with Crippen LogP contribution in [0.2, 0.25) is 10.0 Å². The van der Waals surface area contributed by atoms with Crippen LogP contribution in [0.4, 0.5) is 9.18 Å². The van der Waals surface area contributed by atoms with Gasteiger partial charge < -0.3 is 20.6 Å².